The highest BCUT2D eigenvalue weighted by Crippen LogP contribution is 2.36. The molecule has 6 N–H and O–H groups in total. The van der Waals surface area contributed by atoms with E-state index in [1.807, 2.05) is 6.92 Å². The molecular formula is C18H24ClF3N2O6. The maximum atomic E-state index is 11.8. The largest absolute Gasteiger partial charge is 0.508 e. The first-order valence-corrected chi connectivity index (χ1v) is 9.29. The Labute approximate surface area is 175 Å². The zero-order valence-electron chi connectivity index (χ0n) is 16.1. The predicted octanol–water partition coefficient (Wildman–Crippen LogP) is 1.58. The third kappa shape index (κ3) is 7.01. The maximum absolute atomic E-state index is 11.8. The number of aryl methyl sites for hydroxylation is 1. The number of nitrogens with two attached hydrogens (primary N) is 1. The average Bonchev–Trinajstić information content (AvgIpc) is 2.69. The van der Waals surface area contributed by atoms with Gasteiger partial charge in [-0.05, 0) is 43.4 Å². The molecule has 1 saturated heterocycles. The molecule has 1 aromatic carbocycles. The highest BCUT2D eigenvalue weighted by atomic mass is 35.5. The van der Waals surface area contributed by atoms with Gasteiger partial charge in [0.1, 0.15) is 5.75 Å². The number of alkyl halides is 3. The first kappa shape index (κ1) is 26.0. The molecule has 1 amide bonds. The minimum absolute atomic E-state index is 0.106. The fourth-order valence-electron chi connectivity index (χ4n) is 2.97. The molecule has 0 bridgehead atoms. The van der Waals surface area contributed by atoms with Crippen LogP contribution in [0.2, 0.25) is 5.02 Å². The van der Waals surface area contributed by atoms with E-state index in [-0.39, 0.29) is 17.7 Å². The van der Waals surface area contributed by atoms with Gasteiger partial charge in [0.05, 0.1) is 6.61 Å². The molecule has 0 spiro atoms. The van der Waals surface area contributed by atoms with Gasteiger partial charge >= 0.3 is 12.1 Å². The van der Waals surface area contributed by atoms with Crippen molar-refractivity contribution in [2.75, 3.05) is 19.7 Å². The number of rotatable bonds is 4. The van der Waals surface area contributed by atoms with Crippen LogP contribution in [0, 0.1) is 12.8 Å². The van der Waals surface area contributed by atoms with Gasteiger partial charge in [-0.2, -0.15) is 13.2 Å². The Kier molecular flexibility index (Phi) is 9.35. The highest BCUT2D eigenvalue weighted by Gasteiger charge is 2.38. The third-order valence-corrected chi connectivity index (χ3v) is 5.13. The Morgan fingerprint density at radius 3 is 2.23 bits per heavy atom. The number of aliphatic hydroxyl groups excluding tert-OH is 2. The number of phenols is 1. The molecule has 1 aromatic rings. The van der Waals surface area contributed by atoms with Crippen LogP contribution in [0.1, 0.15) is 30.0 Å². The van der Waals surface area contributed by atoms with Crippen molar-refractivity contribution < 1.29 is 43.2 Å². The number of carbonyl (C=O) groups excluding carboxylic acids is 1. The fourth-order valence-corrected chi connectivity index (χ4v) is 3.14. The number of nitrogens with zero attached hydrogens (tertiary/aromatic N) is 1. The summed E-state index contributed by atoms with van der Waals surface area (Å²) >= 11 is 6.11. The van der Waals surface area contributed by atoms with Crippen LogP contribution in [0.3, 0.4) is 0 Å². The Morgan fingerprint density at radius 1 is 1.30 bits per heavy atom. The Bertz CT molecular complexity index is 754. The van der Waals surface area contributed by atoms with E-state index in [2.05, 4.69) is 0 Å². The Morgan fingerprint density at radius 2 is 1.80 bits per heavy atom. The number of carbonyl (C=O) groups is 2. The van der Waals surface area contributed by atoms with Crippen LogP contribution in [-0.4, -0.2) is 69.2 Å². The lowest BCUT2D eigenvalue weighted by atomic mass is 9.85. The van der Waals surface area contributed by atoms with Crippen molar-refractivity contribution in [3.05, 3.63) is 28.3 Å². The summed E-state index contributed by atoms with van der Waals surface area (Å²) in [4.78, 5) is 22.3. The van der Waals surface area contributed by atoms with Crippen molar-refractivity contribution in [1.29, 1.82) is 0 Å². The van der Waals surface area contributed by atoms with Gasteiger partial charge in [0, 0.05) is 29.7 Å². The molecule has 0 saturated carbocycles. The van der Waals surface area contributed by atoms with Gasteiger partial charge in [0.2, 0.25) is 0 Å². The summed E-state index contributed by atoms with van der Waals surface area (Å²) < 4.78 is 31.7. The highest BCUT2D eigenvalue weighted by molar-refractivity contribution is 6.31. The van der Waals surface area contributed by atoms with Crippen LogP contribution in [-0.2, 0) is 9.59 Å². The van der Waals surface area contributed by atoms with Gasteiger partial charge in [0.15, 0.2) is 6.10 Å². The van der Waals surface area contributed by atoms with E-state index >= 15 is 0 Å². The second-order valence-electron chi connectivity index (χ2n) is 6.85. The molecule has 1 aliphatic heterocycles. The molecule has 1 fully saturated rings. The molecule has 8 nitrogen and oxygen atoms in total. The molecule has 0 aromatic heterocycles. The van der Waals surface area contributed by atoms with E-state index in [4.69, 9.17) is 32.3 Å². The van der Waals surface area contributed by atoms with Crippen LogP contribution in [0.4, 0.5) is 13.2 Å². The summed E-state index contributed by atoms with van der Waals surface area (Å²) in [5, 5.41) is 36.0. The second-order valence-corrected chi connectivity index (χ2v) is 7.26. The lowest BCUT2D eigenvalue weighted by molar-refractivity contribution is -0.192. The molecule has 0 aliphatic carbocycles. The Balaban J connectivity index is 0.000000553. The van der Waals surface area contributed by atoms with Crippen molar-refractivity contribution >= 4 is 23.5 Å². The molecule has 1 aliphatic rings. The van der Waals surface area contributed by atoms with E-state index < -0.39 is 30.8 Å². The summed E-state index contributed by atoms with van der Waals surface area (Å²) in [6.07, 6.45) is -5.12. The monoisotopic (exact) mass is 456 g/mol. The van der Waals surface area contributed by atoms with Crippen LogP contribution >= 0.6 is 11.6 Å². The smallest absolute Gasteiger partial charge is 0.490 e. The topological polar surface area (TPSA) is 144 Å². The van der Waals surface area contributed by atoms with Crippen molar-refractivity contribution in [1.82, 2.24) is 4.90 Å². The first-order chi connectivity index (χ1) is 13.8. The lowest BCUT2D eigenvalue weighted by Gasteiger charge is -2.35. The normalized spacial score (nSPS) is 17.0. The summed E-state index contributed by atoms with van der Waals surface area (Å²) in [6, 6.07) is 2.94. The number of benzene rings is 1. The number of amides is 1. The number of halogens is 4. The number of likely N-dealkylation sites (tertiary alicyclic amines) is 1. The second kappa shape index (κ2) is 10.8. The minimum Gasteiger partial charge on any atom is -0.508 e. The molecule has 0 radical (unpaired) electrons. The Hall–Kier alpha value is -2.08. The maximum Gasteiger partial charge on any atom is 0.490 e. The van der Waals surface area contributed by atoms with Crippen molar-refractivity contribution in [2.24, 2.45) is 11.7 Å². The lowest BCUT2D eigenvalue weighted by Crippen LogP contribution is -2.46. The van der Waals surface area contributed by atoms with E-state index in [1.54, 1.807) is 12.1 Å². The molecule has 30 heavy (non-hydrogen) atoms. The SMILES string of the molecule is Cc1cc(O)c([C@H](N)C2CCN(C(=O)[C@H](O)CO)CC2)cc1Cl.O=C(O)C(F)(F)F. The number of phenolic OH excluding ortho intramolecular Hbond substituents is 1. The first-order valence-electron chi connectivity index (χ1n) is 8.92. The predicted molar refractivity (Wildman–Crippen MR) is 101 cm³/mol. The quantitative estimate of drug-likeness (QED) is 0.462. The van der Waals surface area contributed by atoms with Crippen LogP contribution < -0.4 is 5.73 Å². The third-order valence-electron chi connectivity index (χ3n) is 4.73. The van der Waals surface area contributed by atoms with Gasteiger partial charge in [-0.1, -0.05) is 11.6 Å². The van der Waals surface area contributed by atoms with Gasteiger partial charge in [-0.25, -0.2) is 4.79 Å². The van der Waals surface area contributed by atoms with E-state index in [0.717, 1.165) is 5.56 Å². The van der Waals surface area contributed by atoms with Crippen molar-refractivity contribution in [3.63, 3.8) is 0 Å². The molecular weight excluding hydrogens is 433 g/mol. The van der Waals surface area contributed by atoms with Crippen molar-refractivity contribution in [3.8, 4) is 5.75 Å². The summed E-state index contributed by atoms with van der Waals surface area (Å²) in [5.74, 6) is -2.98. The summed E-state index contributed by atoms with van der Waals surface area (Å²) in [7, 11) is 0. The average molecular weight is 457 g/mol. The number of hydrogen-bond donors (Lipinski definition) is 5. The van der Waals surface area contributed by atoms with Gasteiger partial charge in [-0.15, -0.1) is 0 Å². The van der Waals surface area contributed by atoms with Crippen LogP contribution in [0.15, 0.2) is 12.1 Å². The van der Waals surface area contributed by atoms with Gasteiger partial charge in [-0.3, -0.25) is 4.79 Å². The van der Waals surface area contributed by atoms with E-state index in [9.17, 15) is 28.2 Å². The number of piperidine rings is 1. The van der Waals surface area contributed by atoms with Gasteiger partial charge < -0.3 is 31.1 Å². The van der Waals surface area contributed by atoms with Gasteiger partial charge in [0.25, 0.3) is 5.91 Å². The standard InChI is InChI=1S/C16H23ClN2O4.C2HF3O2/c1-9-6-13(21)11(7-12(9)17)15(18)10-2-4-19(5-3-10)16(23)14(22)8-20;3-2(4,5)1(6)7/h6-7,10,14-15,20-22H,2-5,8,18H2,1H3;(H,6,7)/t14-,15-;/m1./s1. The zero-order chi connectivity index (χ0) is 23.2. The van der Waals surface area contributed by atoms with Crippen molar-refractivity contribution in [2.45, 2.75) is 38.1 Å². The molecule has 12 heteroatoms. The minimum atomic E-state index is -5.08. The fraction of sp³-hybridized carbons (Fsp3) is 0.556. The molecule has 2 rings (SSSR count). The number of carboxylic acid groups (broad SMARTS) is 1. The number of hydrogen-bond acceptors (Lipinski definition) is 6. The number of aliphatic carboxylic acids is 1. The molecule has 0 unspecified atom stereocenters. The van der Waals surface area contributed by atoms with E-state index in [0.29, 0.717) is 36.5 Å². The summed E-state index contributed by atoms with van der Waals surface area (Å²) in [6.45, 7) is 2.17. The zero-order valence-corrected chi connectivity index (χ0v) is 16.8. The number of carboxylic acids is 1. The molecule has 2 atom stereocenters. The van der Waals surface area contributed by atoms with E-state index in [1.165, 1.54) is 4.90 Å². The number of aromatic hydroxyl groups is 1. The van der Waals surface area contributed by atoms with Crippen LogP contribution in [0.25, 0.3) is 0 Å². The summed E-state index contributed by atoms with van der Waals surface area (Å²) in [5.41, 5.74) is 7.69. The van der Waals surface area contributed by atoms with Crippen LogP contribution in [0.5, 0.6) is 5.75 Å². The number of aliphatic hydroxyl groups is 2. The molecule has 1 heterocycles. The molecule has 170 valence electrons.